The molecule has 1 N–H and O–H groups in total. The van der Waals surface area contributed by atoms with Crippen LogP contribution in [0.15, 0.2) is 90.5 Å². The van der Waals surface area contributed by atoms with Gasteiger partial charge in [-0.15, -0.1) is 0 Å². The van der Waals surface area contributed by atoms with Crippen molar-refractivity contribution in [3.05, 3.63) is 83.3 Å². The fraction of sp³-hybridized carbons (Fsp3) is 0.0952. The number of aryl methyl sites for hydroxylation is 1. The molecule has 166 valence electrons. The number of rotatable bonds is 7. The monoisotopic (exact) mass is 508 g/mol. The number of hydrogen-bond donors (Lipinski definition) is 1. The Labute approximate surface area is 194 Å². The highest BCUT2D eigenvalue weighted by Crippen LogP contribution is 2.37. The minimum atomic E-state index is -4.12. The molecule has 0 spiro atoms. The van der Waals surface area contributed by atoms with Gasteiger partial charge in [0.2, 0.25) is 24.0 Å². The van der Waals surface area contributed by atoms with E-state index >= 15 is 0 Å². The standard InChI is InChI=1S/C21H17ClN2O5S3/c1-14-4-8-18(9-5-14)32(27,28)21-24-20(19(30-21)23-13-16-3-2-12-29-16)31(25,26)17-10-6-15(22)7-11-17/h2-12,23H,13H2,1H3. The molecular formula is C21H17ClN2O5S3. The van der Waals surface area contributed by atoms with Crippen molar-refractivity contribution in [1.82, 2.24) is 4.98 Å². The van der Waals surface area contributed by atoms with Gasteiger partial charge < -0.3 is 9.73 Å². The van der Waals surface area contributed by atoms with E-state index in [-0.39, 0.29) is 30.7 Å². The van der Waals surface area contributed by atoms with Gasteiger partial charge in [0.05, 0.1) is 22.6 Å². The Morgan fingerprint density at radius 1 is 0.938 bits per heavy atom. The molecule has 0 saturated carbocycles. The van der Waals surface area contributed by atoms with E-state index in [1.807, 2.05) is 6.92 Å². The maximum atomic E-state index is 13.3. The van der Waals surface area contributed by atoms with Crippen LogP contribution in [0.2, 0.25) is 5.02 Å². The van der Waals surface area contributed by atoms with E-state index in [0.717, 1.165) is 16.9 Å². The molecule has 0 amide bonds. The van der Waals surface area contributed by atoms with E-state index in [0.29, 0.717) is 10.8 Å². The van der Waals surface area contributed by atoms with Crippen molar-refractivity contribution in [3.8, 4) is 0 Å². The summed E-state index contributed by atoms with van der Waals surface area (Å²) in [5.41, 5.74) is 0.898. The van der Waals surface area contributed by atoms with E-state index in [1.165, 1.54) is 42.7 Å². The molecular weight excluding hydrogens is 492 g/mol. The first-order valence-corrected chi connectivity index (χ1v) is 13.4. The van der Waals surface area contributed by atoms with Crippen molar-refractivity contribution in [2.24, 2.45) is 0 Å². The highest BCUT2D eigenvalue weighted by atomic mass is 35.5. The molecule has 7 nitrogen and oxygen atoms in total. The quantitative estimate of drug-likeness (QED) is 0.375. The largest absolute Gasteiger partial charge is 0.467 e. The van der Waals surface area contributed by atoms with Crippen LogP contribution in [0.5, 0.6) is 0 Å². The van der Waals surface area contributed by atoms with Gasteiger partial charge in [-0.1, -0.05) is 40.6 Å². The Balaban J connectivity index is 1.81. The zero-order valence-corrected chi connectivity index (χ0v) is 19.9. The van der Waals surface area contributed by atoms with Crippen LogP contribution in [0.3, 0.4) is 0 Å². The first-order chi connectivity index (χ1) is 15.2. The number of anilines is 1. The third kappa shape index (κ3) is 4.44. The number of nitrogens with zero attached hydrogens (tertiary/aromatic N) is 1. The first kappa shape index (κ1) is 22.5. The van der Waals surface area contributed by atoms with Crippen molar-refractivity contribution >= 4 is 47.6 Å². The lowest BCUT2D eigenvalue weighted by Crippen LogP contribution is -2.08. The van der Waals surface area contributed by atoms with Crippen molar-refractivity contribution in [1.29, 1.82) is 0 Å². The Morgan fingerprint density at radius 3 is 2.19 bits per heavy atom. The minimum absolute atomic E-state index is 0.0323. The summed E-state index contributed by atoms with van der Waals surface area (Å²) >= 11 is 6.63. The average molecular weight is 509 g/mol. The minimum Gasteiger partial charge on any atom is -0.467 e. The van der Waals surface area contributed by atoms with E-state index in [2.05, 4.69) is 10.3 Å². The number of hydrogen-bond acceptors (Lipinski definition) is 8. The van der Waals surface area contributed by atoms with Gasteiger partial charge in [-0.25, -0.2) is 21.8 Å². The van der Waals surface area contributed by atoms with Gasteiger partial charge in [0.1, 0.15) is 10.8 Å². The SMILES string of the molecule is Cc1ccc(S(=O)(=O)c2nc(S(=O)(=O)c3ccc(Cl)cc3)c(NCc3ccco3)s2)cc1. The number of nitrogens with one attached hydrogen (secondary N) is 1. The number of benzene rings is 2. The van der Waals surface area contributed by atoms with Crippen molar-refractivity contribution in [2.75, 3.05) is 5.32 Å². The van der Waals surface area contributed by atoms with Crippen molar-refractivity contribution < 1.29 is 21.3 Å². The molecule has 0 unspecified atom stereocenters. The summed E-state index contributed by atoms with van der Waals surface area (Å²) in [6.45, 7) is 2.00. The number of thiazole rings is 1. The molecule has 2 aromatic heterocycles. The van der Waals surface area contributed by atoms with Crippen LogP contribution in [0.25, 0.3) is 0 Å². The van der Waals surface area contributed by atoms with Gasteiger partial charge in [0, 0.05) is 5.02 Å². The summed E-state index contributed by atoms with van der Waals surface area (Å²) in [6.07, 6.45) is 1.49. The molecule has 0 saturated heterocycles. The van der Waals surface area contributed by atoms with E-state index in [4.69, 9.17) is 16.0 Å². The van der Waals surface area contributed by atoms with Gasteiger partial charge in [-0.2, -0.15) is 0 Å². The van der Waals surface area contributed by atoms with Gasteiger partial charge in [-0.3, -0.25) is 0 Å². The Morgan fingerprint density at radius 2 is 1.56 bits per heavy atom. The normalized spacial score (nSPS) is 12.1. The third-order valence-corrected chi connectivity index (χ3v) is 9.76. The zero-order valence-electron chi connectivity index (χ0n) is 16.6. The lowest BCUT2D eigenvalue weighted by molar-refractivity contribution is 0.518. The highest BCUT2D eigenvalue weighted by molar-refractivity contribution is 7.94. The first-order valence-electron chi connectivity index (χ1n) is 9.27. The number of sulfone groups is 2. The van der Waals surface area contributed by atoms with Crippen LogP contribution in [-0.4, -0.2) is 21.8 Å². The second-order valence-corrected chi connectivity index (χ2v) is 12.2. The number of aromatic nitrogens is 1. The van der Waals surface area contributed by atoms with Gasteiger partial charge in [0.25, 0.3) is 0 Å². The predicted molar refractivity (Wildman–Crippen MR) is 122 cm³/mol. The topological polar surface area (TPSA) is 106 Å². The van der Waals surface area contributed by atoms with Crippen LogP contribution < -0.4 is 5.32 Å². The van der Waals surface area contributed by atoms with Crippen LogP contribution in [0.1, 0.15) is 11.3 Å². The van der Waals surface area contributed by atoms with Gasteiger partial charge in [0.15, 0.2) is 5.03 Å². The second-order valence-electron chi connectivity index (χ2n) is 6.82. The molecule has 11 heteroatoms. The average Bonchev–Trinajstić information content (AvgIpc) is 3.43. The second kappa shape index (κ2) is 8.70. The summed E-state index contributed by atoms with van der Waals surface area (Å²) in [6, 6.07) is 15.3. The van der Waals surface area contributed by atoms with E-state index in [1.54, 1.807) is 24.3 Å². The van der Waals surface area contributed by atoms with Crippen molar-refractivity contribution in [2.45, 2.75) is 32.6 Å². The van der Waals surface area contributed by atoms with E-state index in [9.17, 15) is 16.8 Å². The lowest BCUT2D eigenvalue weighted by atomic mass is 10.2. The van der Waals surface area contributed by atoms with Gasteiger partial charge in [-0.05, 0) is 55.5 Å². The molecule has 0 bridgehead atoms. The summed E-state index contributed by atoms with van der Waals surface area (Å²) in [7, 11) is -8.14. The molecule has 2 heterocycles. The highest BCUT2D eigenvalue weighted by Gasteiger charge is 2.31. The molecule has 0 aliphatic carbocycles. The van der Waals surface area contributed by atoms with Gasteiger partial charge >= 0.3 is 0 Å². The maximum absolute atomic E-state index is 13.3. The van der Waals surface area contributed by atoms with Crippen LogP contribution in [0.4, 0.5) is 5.00 Å². The summed E-state index contributed by atoms with van der Waals surface area (Å²) in [5, 5.41) is 3.05. The van der Waals surface area contributed by atoms with E-state index < -0.39 is 19.7 Å². The molecule has 0 aliphatic rings. The fourth-order valence-electron chi connectivity index (χ4n) is 2.82. The smallest absolute Gasteiger partial charge is 0.233 e. The molecule has 0 atom stereocenters. The number of furan rings is 1. The molecule has 2 aromatic carbocycles. The molecule has 32 heavy (non-hydrogen) atoms. The Hall–Kier alpha value is -2.66. The maximum Gasteiger partial charge on any atom is 0.233 e. The summed E-state index contributed by atoms with van der Waals surface area (Å²) < 4.78 is 57.8. The van der Waals surface area contributed by atoms with Crippen LogP contribution in [-0.2, 0) is 26.2 Å². The molecule has 0 radical (unpaired) electrons. The van der Waals surface area contributed by atoms with Crippen LogP contribution in [0, 0.1) is 6.92 Å². The predicted octanol–water partition coefficient (Wildman–Crippen LogP) is 4.98. The summed E-state index contributed by atoms with van der Waals surface area (Å²) in [4.78, 5) is 4.05. The Bertz CT molecular complexity index is 1440. The number of halogens is 1. The Kier molecular flexibility index (Phi) is 6.13. The van der Waals surface area contributed by atoms with Crippen LogP contribution >= 0.6 is 22.9 Å². The van der Waals surface area contributed by atoms with Crippen molar-refractivity contribution in [3.63, 3.8) is 0 Å². The third-order valence-electron chi connectivity index (χ3n) is 4.52. The molecule has 4 rings (SSSR count). The molecule has 0 aliphatic heterocycles. The summed E-state index contributed by atoms with van der Waals surface area (Å²) in [5.74, 6) is 0.552. The molecule has 4 aromatic rings. The fourth-order valence-corrected chi connectivity index (χ4v) is 7.24. The lowest BCUT2D eigenvalue weighted by Gasteiger charge is -2.06. The molecule has 0 fully saturated rings. The zero-order chi connectivity index (χ0) is 22.9.